The molecule has 0 aliphatic heterocycles. The Morgan fingerprint density at radius 2 is 1.74 bits per heavy atom. The van der Waals surface area contributed by atoms with Crippen LogP contribution < -0.4 is 0 Å². The van der Waals surface area contributed by atoms with Gasteiger partial charge in [0.25, 0.3) is 0 Å². The van der Waals surface area contributed by atoms with Gasteiger partial charge >= 0.3 is 0 Å². The van der Waals surface area contributed by atoms with E-state index in [1.165, 1.54) is 22.3 Å². The smallest absolute Gasteiger partial charge is 0.166 e. The summed E-state index contributed by atoms with van der Waals surface area (Å²) in [5.41, 5.74) is 5.88. The molecular formula is C18H18O. The van der Waals surface area contributed by atoms with Gasteiger partial charge in [0.1, 0.15) is 0 Å². The maximum absolute atomic E-state index is 12.3. The lowest BCUT2D eigenvalue weighted by Gasteiger charge is -2.08. The summed E-state index contributed by atoms with van der Waals surface area (Å²) in [6.07, 6.45) is 1.83. The number of carbonyl (C=O) groups is 1. The Labute approximate surface area is 114 Å². The van der Waals surface area contributed by atoms with Crippen LogP contribution in [0.1, 0.15) is 34.8 Å². The normalized spacial score (nSPS) is 17.6. The molecule has 0 aromatic heterocycles. The van der Waals surface area contributed by atoms with Gasteiger partial charge in [-0.25, -0.2) is 0 Å². The highest BCUT2D eigenvalue weighted by Crippen LogP contribution is 2.36. The monoisotopic (exact) mass is 250 g/mol. The van der Waals surface area contributed by atoms with E-state index in [9.17, 15) is 4.79 Å². The zero-order valence-corrected chi connectivity index (χ0v) is 11.4. The first-order chi connectivity index (χ1) is 9.20. The number of fused-ring (bicyclic) bond motifs is 1. The highest BCUT2D eigenvalue weighted by Gasteiger charge is 2.30. The fourth-order valence-corrected chi connectivity index (χ4v) is 2.93. The van der Waals surface area contributed by atoms with Crippen LogP contribution in [-0.4, -0.2) is 5.78 Å². The lowest BCUT2D eigenvalue weighted by molar-refractivity contribution is 0.0934. The quantitative estimate of drug-likeness (QED) is 0.770. The maximum Gasteiger partial charge on any atom is 0.166 e. The van der Waals surface area contributed by atoms with E-state index >= 15 is 0 Å². The van der Waals surface area contributed by atoms with E-state index in [1.807, 2.05) is 12.1 Å². The predicted molar refractivity (Wildman–Crippen MR) is 78.4 cm³/mol. The molecule has 2 aromatic carbocycles. The summed E-state index contributed by atoms with van der Waals surface area (Å²) >= 11 is 0. The molecule has 0 saturated carbocycles. The van der Waals surface area contributed by atoms with E-state index in [0.717, 1.165) is 18.4 Å². The van der Waals surface area contributed by atoms with Gasteiger partial charge < -0.3 is 0 Å². The molecule has 0 amide bonds. The van der Waals surface area contributed by atoms with Crippen molar-refractivity contribution in [3.05, 3.63) is 59.2 Å². The molecule has 0 fully saturated rings. The van der Waals surface area contributed by atoms with Gasteiger partial charge in [0.15, 0.2) is 5.78 Å². The Morgan fingerprint density at radius 3 is 2.42 bits per heavy atom. The minimum atomic E-state index is 0.182. The van der Waals surface area contributed by atoms with E-state index in [2.05, 4.69) is 44.2 Å². The molecule has 2 aromatic rings. The van der Waals surface area contributed by atoms with Gasteiger partial charge in [-0.1, -0.05) is 55.0 Å². The zero-order chi connectivity index (χ0) is 13.4. The molecule has 3 rings (SSSR count). The lowest BCUT2D eigenvalue weighted by Crippen LogP contribution is -2.06. The van der Waals surface area contributed by atoms with Gasteiger partial charge in [-0.15, -0.1) is 0 Å². The van der Waals surface area contributed by atoms with Crippen molar-refractivity contribution in [3.63, 3.8) is 0 Å². The second-order valence-corrected chi connectivity index (χ2v) is 5.37. The van der Waals surface area contributed by atoms with Gasteiger partial charge in [0, 0.05) is 11.5 Å². The molecule has 0 bridgehead atoms. The van der Waals surface area contributed by atoms with Crippen molar-refractivity contribution in [2.24, 2.45) is 5.92 Å². The molecule has 19 heavy (non-hydrogen) atoms. The number of ketones is 1. The Balaban J connectivity index is 2.11. The van der Waals surface area contributed by atoms with Gasteiger partial charge in [-0.05, 0) is 36.5 Å². The van der Waals surface area contributed by atoms with Gasteiger partial charge in [0.05, 0.1) is 0 Å². The molecule has 1 aliphatic rings. The average Bonchev–Trinajstić information content (AvgIpc) is 2.77. The van der Waals surface area contributed by atoms with E-state index in [4.69, 9.17) is 0 Å². The van der Waals surface area contributed by atoms with Gasteiger partial charge in [-0.3, -0.25) is 4.79 Å². The standard InChI is InChI=1S/C18H18O/c1-3-13-11-17-15(5-4-6-16(17)18(13)19)14-9-7-12(2)8-10-14/h4-10,13H,3,11H2,1-2H3. The summed E-state index contributed by atoms with van der Waals surface area (Å²) in [5, 5.41) is 0. The summed E-state index contributed by atoms with van der Waals surface area (Å²) in [6, 6.07) is 14.7. The van der Waals surface area contributed by atoms with Crippen LogP contribution in [0.25, 0.3) is 11.1 Å². The van der Waals surface area contributed by atoms with Crippen LogP contribution in [0.15, 0.2) is 42.5 Å². The number of aryl methyl sites for hydroxylation is 1. The van der Waals surface area contributed by atoms with Crippen molar-refractivity contribution in [3.8, 4) is 11.1 Å². The summed E-state index contributed by atoms with van der Waals surface area (Å²) in [4.78, 5) is 12.3. The fraction of sp³-hybridized carbons (Fsp3) is 0.278. The van der Waals surface area contributed by atoms with Crippen LogP contribution >= 0.6 is 0 Å². The number of rotatable bonds is 2. The van der Waals surface area contributed by atoms with Crippen LogP contribution in [0.3, 0.4) is 0 Å². The number of benzene rings is 2. The molecule has 1 unspecified atom stereocenters. The van der Waals surface area contributed by atoms with Crippen molar-refractivity contribution < 1.29 is 4.79 Å². The Kier molecular flexibility index (Phi) is 2.98. The van der Waals surface area contributed by atoms with Gasteiger partial charge in [-0.2, -0.15) is 0 Å². The molecule has 0 N–H and O–H groups in total. The van der Waals surface area contributed by atoms with E-state index in [-0.39, 0.29) is 5.92 Å². The summed E-state index contributed by atoms with van der Waals surface area (Å²) in [6.45, 7) is 4.19. The molecule has 1 heteroatoms. The Hall–Kier alpha value is -1.89. The van der Waals surface area contributed by atoms with E-state index in [0.29, 0.717) is 5.78 Å². The third-order valence-corrected chi connectivity index (χ3v) is 4.12. The Morgan fingerprint density at radius 1 is 1.05 bits per heavy atom. The Bertz CT molecular complexity index is 623. The maximum atomic E-state index is 12.3. The number of hydrogen-bond donors (Lipinski definition) is 0. The van der Waals surface area contributed by atoms with Crippen LogP contribution in [0.5, 0.6) is 0 Å². The van der Waals surface area contributed by atoms with Crippen molar-refractivity contribution in [2.45, 2.75) is 26.7 Å². The minimum absolute atomic E-state index is 0.182. The molecule has 1 aliphatic carbocycles. The molecule has 96 valence electrons. The summed E-state index contributed by atoms with van der Waals surface area (Å²) in [7, 11) is 0. The highest BCUT2D eigenvalue weighted by atomic mass is 16.1. The van der Waals surface area contributed by atoms with Crippen molar-refractivity contribution >= 4 is 5.78 Å². The highest BCUT2D eigenvalue weighted by molar-refractivity contribution is 6.04. The van der Waals surface area contributed by atoms with Crippen LogP contribution in [0.4, 0.5) is 0 Å². The number of hydrogen-bond acceptors (Lipinski definition) is 1. The van der Waals surface area contributed by atoms with E-state index < -0.39 is 0 Å². The van der Waals surface area contributed by atoms with Crippen molar-refractivity contribution in [2.75, 3.05) is 0 Å². The topological polar surface area (TPSA) is 17.1 Å². The number of carbonyl (C=O) groups excluding carboxylic acids is 1. The molecule has 0 saturated heterocycles. The third kappa shape index (κ3) is 1.99. The van der Waals surface area contributed by atoms with Crippen LogP contribution in [0, 0.1) is 12.8 Å². The molecule has 1 atom stereocenters. The van der Waals surface area contributed by atoms with Crippen molar-refractivity contribution in [1.82, 2.24) is 0 Å². The molecule has 0 spiro atoms. The van der Waals surface area contributed by atoms with Crippen molar-refractivity contribution in [1.29, 1.82) is 0 Å². The fourth-order valence-electron chi connectivity index (χ4n) is 2.93. The predicted octanol–water partition coefficient (Wildman–Crippen LogP) is 4.43. The number of Topliss-reactive ketones (excluding diaryl/α,β-unsaturated/α-hetero) is 1. The third-order valence-electron chi connectivity index (χ3n) is 4.12. The zero-order valence-electron chi connectivity index (χ0n) is 11.4. The largest absolute Gasteiger partial charge is 0.294 e. The molecule has 0 heterocycles. The van der Waals surface area contributed by atoms with Crippen LogP contribution in [-0.2, 0) is 6.42 Å². The second-order valence-electron chi connectivity index (χ2n) is 5.37. The lowest BCUT2D eigenvalue weighted by atomic mass is 9.96. The minimum Gasteiger partial charge on any atom is -0.294 e. The first-order valence-electron chi connectivity index (χ1n) is 6.94. The average molecular weight is 250 g/mol. The van der Waals surface area contributed by atoms with Gasteiger partial charge in [0.2, 0.25) is 0 Å². The first-order valence-corrected chi connectivity index (χ1v) is 6.94. The van der Waals surface area contributed by atoms with E-state index in [1.54, 1.807) is 0 Å². The molecule has 0 radical (unpaired) electrons. The molecule has 1 nitrogen and oxygen atoms in total. The first kappa shape index (κ1) is 12.2. The van der Waals surface area contributed by atoms with Crippen LogP contribution in [0.2, 0.25) is 0 Å². The molecular weight excluding hydrogens is 232 g/mol. The summed E-state index contributed by atoms with van der Waals surface area (Å²) < 4.78 is 0. The summed E-state index contributed by atoms with van der Waals surface area (Å²) in [5.74, 6) is 0.507. The second kappa shape index (κ2) is 4.65. The SMILES string of the molecule is CCC1Cc2c(cccc2-c2ccc(C)cc2)C1=O.